The maximum Gasteiger partial charge on any atom is 0.278 e. The van der Waals surface area contributed by atoms with Crippen LogP contribution in [0, 0.1) is 0 Å². The summed E-state index contributed by atoms with van der Waals surface area (Å²) in [5.41, 5.74) is 2.15. The van der Waals surface area contributed by atoms with E-state index in [0.717, 1.165) is 16.1 Å². The van der Waals surface area contributed by atoms with E-state index in [2.05, 4.69) is 12.2 Å². The molecular formula is C18H22ClN2O+. The molecule has 0 spiro atoms. The summed E-state index contributed by atoms with van der Waals surface area (Å²) in [5, 5.41) is 5.74. The lowest BCUT2D eigenvalue weighted by Gasteiger charge is -2.17. The molecule has 0 aromatic heterocycles. The molecule has 2 rings (SSSR count). The van der Waals surface area contributed by atoms with Gasteiger partial charge in [0.05, 0.1) is 0 Å². The van der Waals surface area contributed by atoms with Crippen LogP contribution < -0.4 is 10.6 Å². The lowest BCUT2D eigenvalue weighted by molar-refractivity contribution is -0.710. The molecule has 0 bridgehead atoms. The second-order valence-electron chi connectivity index (χ2n) is 5.49. The fourth-order valence-corrected chi connectivity index (χ4v) is 2.72. The highest BCUT2D eigenvalue weighted by molar-refractivity contribution is 6.31. The molecule has 0 unspecified atom stereocenters. The van der Waals surface area contributed by atoms with Crippen LogP contribution in [0.3, 0.4) is 0 Å². The first-order chi connectivity index (χ1) is 10.6. The molecule has 0 saturated heterocycles. The van der Waals surface area contributed by atoms with E-state index in [9.17, 15) is 4.79 Å². The van der Waals surface area contributed by atoms with Gasteiger partial charge in [-0.3, -0.25) is 4.79 Å². The molecule has 0 saturated carbocycles. The largest absolute Gasteiger partial charge is 0.347 e. The van der Waals surface area contributed by atoms with E-state index >= 15 is 0 Å². The summed E-state index contributed by atoms with van der Waals surface area (Å²) in [6.07, 6.45) is 0. The number of halogens is 1. The standard InChI is InChI=1S/C18H21ClN2O/c1-13(16-10-6-7-11-17(16)19)21-14(2)18(22)20-12-15-8-4-3-5-9-15/h3-11,13-14,21H,12H2,1-2H3,(H,20,22)/p+1/t13-,14+/m0/s1. The molecule has 0 radical (unpaired) electrons. The summed E-state index contributed by atoms with van der Waals surface area (Å²) in [4.78, 5) is 12.2. The summed E-state index contributed by atoms with van der Waals surface area (Å²) >= 11 is 6.20. The fourth-order valence-electron chi connectivity index (χ4n) is 2.41. The van der Waals surface area contributed by atoms with Crippen molar-refractivity contribution < 1.29 is 10.1 Å². The van der Waals surface area contributed by atoms with Crippen LogP contribution in [0.4, 0.5) is 0 Å². The van der Waals surface area contributed by atoms with Crippen molar-refractivity contribution in [1.29, 1.82) is 0 Å². The zero-order valence-electron chi connectivity index (χ0n) is 12.9. The Labute approximate surface area is 136 Å². The van der Waals surface area contributed by atoms with E-state index < -0.39 is 0 Å². The number of hydrogen-bond donors (Lipinski definition) is 2. The molecule has 4 heteroatoms. The Morgan fingerprint density at radius 1 is 1.09 bits per heavy atom. The Kier molecular flexibility index (Phi) is 5.99. The summed E-state index contributed by atoms with van der Waals surface area (Å²) in [5.74, 6) is 0.0303. The van der Waals surface area contributed by atoms with Gasteiger partial charge in [0.1, 0.15) is 6.04 Å². The van der Waals surface area contributed by atoms with Crippen LogP contribution in [-0.4, -0.2) is 11.9 Å². The molecule has 2 atom stereocenters. The number of rotatable bonds is 6. The van der Waals surface area contributed by atoms with Gasteiger partial charge in [0.15, 0.2) is 6.04 Å². The van der Waals surface area contributed by atoms with Crippen molar-refractivity contribution in [2.45, 2.75) is 32.5 Å². The minimum atomic E-state index is -0.171. The van der Waals surface area contributed by atoms with E-state index in [1.54, 1.807) is 0 Å². The predicted octanol–water partition coefficient (Wildman–Crippen LogP) is 2.67. The number of hydrogen-bond acceptors (Lipinski definition) is 1. The van der Waals surface area contributed by atoms with Crippen LogP contribution in [0.25, 0.3) is 0 Å². The average Bonchev–Trinajstić information content (AvgIpc) is 2.53. The van der Waals surface area contributed by atoms with Gasteiger partial charge >= 0.3 is 0 Å². The van der Waals surface area contributed by atoms with Gasteiger partial charge in [-0.25, -0.2) is 0 Å². The summed E-state index contributed by atoms with van der Waals surface area (Å²) in [6.45, 7) is 4.52. The van der Waals surface area contributed by atoms with Crippen LogP contribution in [0.5, 0.6) is 0 Å². The Hall–Kier alpha value is -1.84. The summed E-state index contributed by atoms with van der Waals surface area (Å²) in [7, 11) is 0. The Bertz CT molecular complexity index is 615. The van der Waals surface area contributed by atoms with E-state index in [4.69, 9.17) is 11.6 Å². The van der Waals surface area contributed by atoms with Crippen molar-refractivity contribution in [3.05, 3.63) is 70.7 Å². The highest BCUT2D eigenvalue weighted by Crippen LogP contribution is 2.19. The van der Waals surface area contributed by atoms with Crippen LogP contribution in [0.1, 0.15) is 31.0 Å². The van der Waals surface area contributed by atoms with Gasteiger partial charge < -0.3 is 10.6 Å². The Morgan fingerprint density at radius 3 is 2.41 bits per heavy atom. The average molecular weight is 318 g/mol. The minimum Gasteiger partial charge on any atom is -0.347 e. The summed E-state index contributed by atoms with van der Waals surface area (Å²) < 4.78 is 0. The van der Waals surface area contributed by atoms with Gasteiger partial charge in [-0.05, 0) is 25.5 Å². The quantitative estimate of drug-likeness (QED) is 0.845. The number of quaternary nitrogens is 1. The van der Waals surface area contributed by atoms with Gasteiger partial charge in [0.2, 0.25) is 0 Å². The molecule has 2 aromatic rings. The number of carbonyl (C=O) groups excluding carboxylic acids is 1. The maximum absolute atomic E-state index is 12.2. The number of benzene rings is 2. The molecule has 116 valence electrons. The third kappa shape index (κ3) is 4.58. The van der Waals surface area contributed by atoms with Gasteiger partial charge in [0, 0.05) is 17.1 Å². The first-order valence-electron chi connectivity index (χ1n) is 7.49. The van der Waals surface area contributed by atoms with E-state index in [1.165, 1.54) is 0 Å². The molecule has 0 aliphatic carbocycles. The molecule has 0 aliphatic rings. The minimum absolute atomic E-state index is 0.0303. The van der Waals surface area contributed by atoms with Crippen LogP contribution in [0.15, 0.2) is 54.6 Å². The number of carbonyl (C=O) groups is 1. The van der Waals surface area contributed by atoms with Gasteiger partial charge in [-0.2, -0.15) is 0 Å². The van der Waals surface area contributed by atoms with Crippen LogP contribution in [0.2, 0.25) is 5.02 Å². The molecule has 2 aromatic carbocycles. The number of nitrogens with two attached hydrogens (primary N) is 1. The van der Waals surface area contributed by atoms with Crippen molar-refractivity contribution in [3.63, 3.8) is 0 Å². The van der Waals surface area contributed by atoms with E-state index in [1.807, 2.05) is 66.8 Å². The van der Waals surface area contributed by atoms with Crippen molar-refractivity contribution in [2.75, 3.05) is 0 Å². The summed E-state index contributed by atoms with van der Waals surface area (Å²) in [6, 6.07) is 17.6. The number of nitrogens with one attached hydrogen (secondary N) is 1. The second kappa shape index (κ2) is 7.97. The normalized spacial score (nSPS) is 13.4. The molecule has 22 heavy (non-hydrogen) atoms. The lowest BCUT2D eigenvalue weighted by Crippen LogP contribution is -2.92. The molecular weight excluding hydrogens is 296 g/mol. The monoisotopic (exact) mass is 317 g/mol. The highest BCUT2D eigenvalue weighted by atomic mass is 35.5. The van der Waals surface area contributed by atoms with Gasteiger partial charge in [0.25, 0.3) is 5.91 Å². The molecule has 0 fully saturated rings. The topological polar surface area (TPSA) is 45.7 Å². The zero-order valence-corrected chi connectivity index (χ0v) is 13.7. The van der Waals surface area contributed by atoms with Crippen molar-refractivity contribution >= 4 is 17.5 Å². The first kappa shape index (κ1) is 16.5. The highest BCUT2D eigenvalue weighted by Gasteiger charge is 2.21. The third-order valence-electron chi connectivity index (χ3n) is 3.70. The Balaban J connectivity index is 1.87. The molecule has 3 nitrogen and oxygen atoms in total. The third-order valence-corrected chi connectivity index (χ3v) is 4.04. The zero-order chi connectivity index (χ0) is 15.9. The van der Waals surface area contributed by atoms with Crippen molar-refractivity contribution in [1.82, 2.24) is 5.32 Å². The van der Waals surface area contributed by atoms with Crippen molar-refractivity contribution in [3.8, 4) is 0 Å². The molecule has 0 aliphatic heterocycles. The van der Waals surface area contributed by atoms with Gasteiger partial charge in [-0.1, -0.05) is 60.1 Å². The molecule has 3 N–H and O–H groups in total. The van der Waals surface area contributed by atoms with E-state index in [0.29, 0.717) is 6.54 Å². The van der Waals surface area contributed by atoms with Gasteiger partial charge in [-0.15, -0.1) is 0 Å². The second-order valence-corrected chi connectivity index (χ2v) is 5.90. The fraction of sp³-hybridized carbons (Fsp3) is 0.278. The molecule has 1 amide bonds. The van der Waals surface area contributed by atoms with E-state index in [-0.39, 0.29) is 18.0 Å². The smallest absolute Gasteiger partial charge is 0.278 e. The Morgan fingerprint density at radius 2 is 1.73 bits per heavy atom. The predicted molar refractivity (Wildman–Crippen MR) is 89.5 cm³/mol. The first-order valence-corrected chi connectivity index (χ1v) is 7.86. The number of amides is 1. The van der Waals surface area contributed by atoms with Crippen molar-refractivity contribution in [2.24, 2.45) is 0 Å². The lowest BCUT2D eigenvalue weighted by atomic mass is 10.1. The maximum atomic E-state index is 12.2. The molecule has 0 heterocycles. The van der Waals surface area contributed by atoms with Crippen LogP contribution >= 0.6 is 11.6 Å². The SMILES string of the molecule is C[C@H]([NH2+][C@H](C)C(=O)NCc1ccccc1)c1ccccc1Cl. The van der Waals surface area contributed by atoms with Crippen LogP contribution in [-0.2, 0) is 11.3 Å².